The van der Waals surface area contributed by atoms with Crippen LogP contribution in [0, 0.1) is 0 Å². The van der Waals surface area contributed by atoms with Crippen LogP contribution in [0.1, 0.15) is 33.1 Å². The van der Waals surface area contributed by atoms with Crippen LogP contribution < -0.4 is 22.1 Å². The van der Waals surface area contributed by atoms with Gasteiger partial charge in [-0.2, -0.15) is 13.2 Å². The van der Waals surface area contributed by atoms with Gasteiger partial charge in [-0.05, 0) is 12.5 Å². The van der Waals surface area contributed by atoms with Crippen LogP contribution in [0.25, 0.3) is 0 Å². The number of hydrogen-bond donors (Lipinski definition) is 8. The third-order valence-electron chi connectivity index (χ3n) is 4.43. The molecule has 1 rings (SSSR count). The zero-order chi connectivity index (χ0) is 28.2. The van der Waals surface area contributed by atoms with Crippen LogP contribution in [0.4, 0.5) is 13.2 Å². The highest BCUT2D eigenvalue weighted by Gasteiger charge is 2.44. The van der Waals surface area contributed by atoms with Crippen LogP contribution in [0.5, 0.6) is 0 Å². The first-order valence-electron chi connectivity index (χ1n) is 10.4. The maximum atomic E-state index is 11.7. The number of carbonyl (C=O) groups excluding carboxylic acids is 2. The summed E-state index contributed by atoms with van der Waals surface area (Å²) < 4.78 is 37.0. The Kier molecular flexibility index (Phi) is 13.2. The van der Waals surface area contributed by atoms with Gasteiger partial charge in [0.1, 0.15) is 18.3 Å². The summed E-state index contributed by atoms with van der Waals surface area (Å²) in [4.78, 5) is 47.5. The van der Waals surface area contributed by atoms with Crippen molar-refractivity contribution in [3.05, 3.63) is 11.8 Å². The van der Waals surface area contributed by atoms with Crippen molar-refractivity contribution in [2.45, 2.75) is 69.7 Å². The number of aliphatic hydroxyl groups is 2. The number of aliphatic hydroxyl groups excluding tert-OH is 2. The van der Waals surface area contributed by atoms with Gasteiger partial charge < -0.3 is 47.3 Å². The lowest BCUT2D eigenvalue weighted by Gasteiger charge is -2.38. The normalized spacial score (nSPS) is 20.8. The van der Waals surface area contributed by atoms with Crippen molar-refractivity contribution < 1.29 is 57.5 Å². The minimum absolute atomic E-state index is 0.270. The molecule has 2 amide bonds. The minimum atomic E-state index is -5.08. The first-order chi connectivity index (χ1) is 16.5. The Morgan fingerprint density at radius 1 is 1.19 bits per heavy atom. The van der Waals surface area contributed by atoms with Crippen LogP contribution in [-0.4, -0.2) is 93.3 Å². The molecule has 0 saturated carbocycles. The molecular formula is C19H30F3N5O9. The monoisotopic (exact) mass is 529 g/mol. The third kappa shape index (κ3) is 11.7. The van der Waals surface area contributed by atoms with Crippen molar-refractivity contribution in [3.63, 3.8) is 0 Å². The zero-order valence-corrected chi connectivity index (χ0v) is 19.4. The van der Waals surface area contributed by atoms with Gasteiger partial charge in [0, 0.05) is 19.9 Å². The maximum absolute atomic E-state index is 11.7. The van der Waals surface area contributed by atoms with E-state index in [4.69, 9.17) is 26.1 Å². The smallest absolute Gasteiger partial charge is 0.478 e. The molecule has 1 aliphatic rings. The standard InChI is InChI=1S/C17H29N5O7.C2HF3O2/c1-3-4-5-12(25)20-7-10(24)14(26)15-13(21-8(2)23)9(22-17(18)19)6-11(29-15)16(27)28;3-2(4,5)1(6)7/h6,9-10,13-15,24,26H,3-5,7H2,1-2H3,(H,20,25)(H,21,23)(H,27,28)(H4,18,19,22);(H,6,7)/t9-,10+,13+,14+,15+;/m0./s1. The fourth-order valence-electron chi connectivity index (χ4n) is 2.79. The number of unbranched alkanes of at least 4 members (excludes halogenated alkanes) is 1. The molecule has 0 aromatic heterocycles. The largest absolute Gasteiger partial charge is 0.490 e. The molecule has 0 aliphatic carbocycles. The Balaban J connectivity index is 0.00000152. The number of nitrogens with zero attached hydrogens (tertiary/aromatic N) is 1. The molecule has 0 aromatic rings. The summed E-state index contributed by atoms with van der Waals surface area (Å²) in [5.74, 6) is -5.93. The Morgan fingerprint density at radius 2 is 1.75 bits per heavy atom. The Labute approximate surface area is 203 Å². The molecule has 0 bridgehead atoms. The highest BCUT2D eigenvalue weighted by molar-refractivity contribution is 5.85. The van der Waals surface area contributed by atoms with E-state index in [0.29, 0.717) is 6.42 Å². The SMILES string of the molecule is CCCCC(=O)NC[C@@H](O)[C@@H](O)[C@@H]1OC(C(=O)O)=C[C@H](N=C(N)N)[C@H]1NC(C)=O.O=C(O)C(F)(F)F. The van der Waals surface area contributed by atoms with Crippen LogP contribution in [0.3, 0.4) is 0 Å². The van der Waals surface area contributed by atoms with Crippen molar-refractivity contribution in [2.75, 3.05) is 6.54 Å². The molecule has 0 aromatic carbocycles. The van der Waals surface area contributed by atoms with Gasteiger partial charge >= 0.3 is 18.1 Å². The van der Waals surface area contributed by atoms with Gasteiger partial charge in [-0.1, -0.05) is 13.3 Å². The fourth-order valence-corrected chi connectivity index (χ4v) is 2.79. The average molecular weight is 529 g/mol. The van der Waals surface area contributed by atoms with Crippen LogP contribution in [0.15, 0.2) is 16.8 Å². The molecule has 0 radical (unpaired) electrons. The number of guanidine groups is 1. The number of alkyl halides is 3. The van der Waals surface area contributed by atoms with Crippen LogP contribution in [-0.2, 0) is 23.9 Å². The summed E-state index contributed by atoms with van der Waals surface area (Å²) in [5.41, 5.74) is 10.8. The molecule has 0 unspecified atom stereocenters. The van der Waals surface area contributed by atoms with Gasteiger partial charge in [0.2, 0.25) is 17.6 Å². The number of nitrogens with two attached hydrogens (primary N) is 2. The second kappa shape index (κ2) is 14.7. The highest BCUT2D eigenvalue weighted by atomic mass is 19.4. The minimum Gasteiger partial charge on any atom is -0.478 e. The van der Waals surface area contributed by atoms with Crippen molar-refractivity contribution in [2.24, 2.45) is 16.5 Å². The van der Waals surface area contributed by atoms with Gasteiger partial charge in [-0.3, -0.25) is 9.59 Å². The number of halogens is 3. The van der Waals surface area contributed by atoms with Gasteiger partial charge in [-0.25, -0.2) is 14.6 Å². The molecule has 36 heavy (non-hydrogen) atoms. The summed E-state index contributed by atoms with van der Waals surface area (Å²) in [6.45, 7) is 2.83. The lowest BCUT2D eigenvalue weighted by Crippen LogP contribution is -2.60. The number of hydrogen-bond acceptors (Lipinski definition) is 8. The van der Waals surface area contributed by atoms with E-state index in [1.807, 2.05) is 6.92 Å². The quantitative estimate of drug-likeness (QED) is 0.115. The number of aliphatic imine (C=N–C) groups is 1. The van der Waals surface area contributed by atoms with Crippen molar-refractivity contribution >= 4 is 29.7 Å². The Bertz CT molecular complexity index is 847. The molecule has 0 saturated heterocycles. The maximum Gasteiger partial charge on any atom is 0.490 e. The Hall–Kier alpha value is -3.60. The zero-order valence-electron chi connectivity index (χ0n) is 19.4. The molecule has 5 atom stereocenters. The number of carboxylic acids is 2. The predicted octanol–water partition coefficient (Wildman–Crippen LogP) is -1.84. The van der Waals surface area contributed by atoms with Gasteiger partial charge in [0.15, 0.2) is 5.96 Å². The van der Waals surface area contributed by atoms with Gasteiger partial charge in [0.05, 0.1) is 12.1 Å². The molecular weight excluding hydrogens is 499 g/mol. The third-order valence-corrected chi connectivity index (χ3v) is 4.43. The van der Waals surface area contributed by atoms with E-state index in [-0.39, 0.29) is 24.8 Å². The number of carboxylic acid groups (broad SMARTS) is 2. The van der Waals surface area contributed by atoms with E-state index in [2.05, 4.69) is 15.6 Å². The second-order valence-electron chi connectivity index (χ2n) is 7.46. The predicted molar refractivity (Wildman–Crippen MR) is 116 cm³/mol. The summed E-state index contributed by atoms with van der Waals surface area (Å²) >= 11 is 0. The topological polar surface area (TPSA) is 247 Å². The summed E-state index contributed by atoms with van der Waals surface area (Å²) in [5, 5.41) is 42.2. The van der Waals surface area contributed by atoms with E-state index >= 15 is 0 Å². The number of rotatable bonds is 10. The molecule has 1 aliphatic heterocycles. The number of carbonyl (C=O) groups is 4. The summed E-state index contributed by atoms with van der Waals surface area (Å²) in [7, 11) is 0. The van der Waals surface area contributed by atoms with E-state index in [0.717, 1.165) is 12.5 Å². The molecule has 1 heterocycles. The van der Waals surface area contributed by atoms with Crippen molar-refractivity contribution in [1.82, 2.24) is 10.6 Å². The summed E-state index contributed by atoms with van der Waals surface area (Å²) in [6.07, 6.45) is -6.80. The molecule has 14 nitrogen and oxygen atoms in total. The number of aliphatic carboxylic acids is 2. The molecule has 0 fully saturated rings. The van der Waals surface area contributed by atoms with E-state index < -0.39 is 60.2 Å². The highest BCUT2D eigenvalue weighted by Crippen LogP contribution is 2.25. The van der Waals surface area contributed by atoms with E-state index in [9.17, 15) is 42.9 Å². The van der Waals surface area contributed by atoms with Crippen LogP contribution >= 0.6 is 0 Å². The lowest BCUT2D eigenvalue weighted by atomic mass is 9.92. The summed E-state index contributed by atoms with van der Waals surface area (Å²) in [6, 6.07) is -2.13. The fraction of sp³-hybridized carbons (Fsp3) is 0.632. The van der Waals surface area contributed by atoms with E-state index in [1.54, 1.807) is 0 Å². The van der Waals surface area contributed by atoms with Crippen molar-refractivity contribution in [3.8, 4) is 0 Å². The van der Waals surface area contributed by atoms with Gasteiger partial charge in [0.25, 0.3) is 0 Å². The number of nitrogens with one attached hydrogen (secondary N) is 2. The number of amides is 2. The average Bonchev–Trinajstić information content (AvgIpc) is 2.75. The van der Waals surface area contributed by atoms with Crippen molar-refractivity contribution in [1.29, 1.82) is 0 Å². The molecule has 17 heteroatoms. The lowest BCUT2D eigenvalue weighted by molar-refractivity contribution is -0.192. The Morgan fingerprint density at radius 3 is 2.17 bits per heavy atom. The molecule has 0 spiro atoms. The molecule has 10 N–H and O–H groups in total. The first kappa shape index (κ1) is 32.4. The van der Waals surface area contributed by atoms with Gasteiger partial charge in [-0.15, -0.1) is 0 Å². The second-order valence-corrected chi connectivity index (χ2v) is 7.46. The number of ether oxygens (including phenoxy) is 1. The molecule has 206 valence electrons. The van der Waals surface area contributed by atoms with E-state index in [1.165, 1.54) is 6.92 Å². The van der Waals surface area contributed by atoms with Crippen LogP contribution in [0.2, 0.25) is 0 Å². The first-order valence-corrected chi connectivity index (χ1v) is 10.4.